The topological polar surface area (TPSA) is 21.1 Å². The van der Waals surface area contributed by atoms with Gasteiger partial charge >= 0.3 is 0 Å². The first-order chi connectivity index (χ1) is 8.88. The van der Waals surface area contributed by atoms with E-state index in [-0.39, 0.29) is 0 Å². The molecule has 0 radical (unpaired) electrons. The van der Waals surface area contributed by atoms with Crippen LogP contribution in [0.3, 0.4) is 0 Å². The molecule has 0 fully saturated rings. The second-order valence-electron chi connectivity index (χ2n) is 4.51. The van der Waals surface area contributed by atoms with Gasteiger partial charge in [-0.3, -0.25) is 4.90 Å². The maximum atomic E-state index is 4.06. The minimum atomic E-state index is 1.04. The lowest BCUT2D eigenvalue weighted by Gasteiger charge is -2.20. The molecule has 1 aromatic heterocycles. The Labute approximate surface area is 109 Å². The number of rotatable bonds is 7. The van der Waals surface area contributed by atoms with Crippen LogP contribution in [0.5, 0.6) is 0 Å². The maximum Gasteiger partial charge on any atom is 0.0945 e. The smallest absolute Gasteiger partial charge is 0.0945 e. The molecule has 2 rings (SSSR count). The van der Waals surface area contributed by atoms with Gasteiger partial charge in [0.25, 0.3) is 0 Å². The normalized spacial score (nSPS) is 11.0. The van der Waals surface area contributed by atoms with Gasteiger partial charge < -0.3 is 4.57 Å². The highest BCUT2D eigenvalue weighted by atomic mass is 15.1. The van der Waals surface area contributed by atoms with E-state index in [2.05, 4.69) is 51.7 Å². The van der Waals surface area contributed by atoms with Crippen molar-refractivity contribution < 1.29 is 0 Å². The van der Waals surface area contributed by atoms with E-state index in [0.29, 0.717) is 0 Å². The quantitative estimate of drug-likeness (QED) is 0.745. The van der Waals surface area contributed by atoms with Crippen LogP contribution in [0, 0.1) is 0 Å². The van der Waals surface area contributed by atoms with Gasteiger partial charge in [0, 0.05) is 32.0 Å². The highest BCUT2D eigenvalue weighted by molar-refractivity contribution is 5.14. The molecule has 0 aliphatic carbocycles. The first kappa shape index (κ1) is 12.8. The van der Waals surface area contributed by atoms with Crippen molar-refractivity contribution in [2.24, 2.45) is 0 Å². The average Bonchev–Trinajstić information content (AvgIpc) is 2.92. The van der Waals surface area contributed by atoms with Crippen LogP contribution >= 0.6 is 0 Å². The molecule has 0 saturated heterocycles. The zero-order chi connectivity index (χ0) is 12.6. The van der Waals surface area contributed by atoms with Crippen LogP contribution in [0.4, 0.5) is 0 Å². The third kappa shape index (κ3) is 4.00. The predicted octanol–water partition coefficient (Wildman–Crippen LogP) is 2.80. The monoisotopic (exact) mass is 243 g/mol. The Morgan fingerprint density at radius 1 is 1.22 bits per heavy atom. The molecule has 2 aromatic rings. The van der Waals surface area contributed by atoms with Gasteiger partial charge in [-0.15, -0.1) is 0 Å². The Bertz CT molecular complexity index is 422. The Morgan fingerprint density at radius 2 is 2.06 bits per heavy atom. The zero-order valence-corrected chi connectivity index (χ0v) is 11.0. The van der Waals surface area contributed by atoms with E-state index >= 15 is 0 Å². The molecule has 3 nitrogen and oxygen atoms in total. The third-order valence-electron chi connectivity index (χ3n) is 3.15. The van der Waals surface area contributed by atoms with Crippen LogP contribution < -0.4 is 0 Å². The minimum absolute atomic E-state index is 1.04. The molecule has 0 atom stereocenters. The number of aromatic nitrogens is 2. The van der Waals surface area contributed by atoms with Crippen LogP contribution in [0.25, 0.3) is 0 Å². The lowest BCUT2D eigenvalue weighted by molar-refractivity contribution is 0.270. The fraction of sp³-hybridized carbons (Fsp3) is 0.400. The molecular formula is C15H21N3. The summed E-state index contributed by atoms with van der Waals surface area (Å²) in [6, 6.07) is 10.7. The summed E-state index contributed by atoms with van der Waals surface area (Å²) in [5, 5.41) is 0. The van der Waals surface area contributed by atoms with Crippen LogP contribution in [0.15, 0.2) is 49.1 Å². The molecule has 18 heavy (non-hydrogen) atoms. The second kappa shape index (κ2) is 6.97. The number of benzene rings is 1. The second-order valence-corrected chi connectivity index (χ2v) is 4.51. The molecule has 0 N–H and O–H groups in total. The van der Waals surface area contributed by atoms with E-state index in [1.165, 1.54) is 5.56 Å². The summed E-state index contributed by atoms with van der Waals surface area (Å²) in [5.41, 5.74) is 1.39. The number of aryl methyl sites for hydroxylation is 1. The molecule has 0 spiro atoms. The van der Waals surface area contributed by atoms with Gasteiger partial charge in [0.2, 0.25) is 0 Å². The average molecular weight is 243 g/mol. The highest BCUT2D eigenvalue weighted by Gasteiger charge is 2.03. The zero-order valence-electron chi connectivity index (χ0n) is 11.0. The van der Waals surface area contributed by atoms with E-state index in [4.69, 9.17) is 0 Å². The van der Waals surface area contributed by atoms with Gasteiger partial charge in [0.15, 0.2) is 0 Å². The molecule has 0 saturated carbocycles. The maximum absolute atomic E-state index is 4.06. The van der Waals surface area contributed by atoms with Crippen LogP contribution in [0.1, 0.15) is 18.9 Å². The lowest BCUT2D eigenvalue weighted by atomic mass is 10.2. The summed E-state index contributed by atoms with van der Waals surface area (Å²) in [6.07, 6.45) is 6.90. The van der Waals surface area contributed by atoms with Crippen molar-refractivity contribution >= 4 is 0 Å². The number of hydrogen-bond acceptors (Lipinski definition) is 2. The first-order valence-corrected chi connectivity index (χ1v) is 6.60. The lowest BCUT2D eigenvalue weighted by Crippen LogP contribution is -2.24. The number of nitrogens with zero attached hydrogens (tertiary/aromatic N) is 3. The molecule has 3 heteroatoms. The van der Waals surface area contributed by atoms with Gasteiger partial charge in [-0.25, -0.2) is 4.98 Å². The number of hydrogen-bond donors (Lipinski definition) is 0. The summed E-state index contributed by atoms with van der Waals surface area (Å²) in [7, 11) is 0. The Hall–Kier alpha value is -1.61. The first-order valence-electron chi connectivity index (χ1n) is 6.60. The van der Waals surface area contributed by atoms with E-state index in [9.17, 15) is 0 Å². The fourth-order valence-electron chi connectivity index (χ4n) is 2.09. The molecule has 0 aliphatic heterocycles. The van der Waals surface area contributed by atoms with Crippen molar-refractivity contribution in [1.82, 2.24) is 14.5 Å². The van der Waals surface area contributed by atoms with E-state index < -0.39 is 0 Å². The SMILES string of the molecule is CCN(CCCn1ccnc1)Cc1ccccc1. The molecule has 1 heterocycles. The van der Waals surface area contributed by atoms with Crippen molar-refractivity contribution in [2.75, 3.05) is 13.1 Å². The van der Waals surface area contributed by atoms with E-state index in [0.717, 1.165) is 32.6 Å². The summed E-state index contributed by atoms with van der Waals surface area (Å²) in [6.45, 7) is 6.54. The van der Waals surface area contributed by atoms with Crippen LogP contribution in [-0.4, -0.2) is 27.5 Å². The van der Waals surface area contributed by atoms with Crippen LogP contribution in [-0.2, 0) is 13.1 Å². The Morgan fingerprint density at radius 3 is 2.72 bits per heavy atom. The van der Waals surface area contributed by atoms with Crippen molar-refractivity contribution in [2.45, 2.75) is 26.4 Å². The van der Waals surface area contributed by atoms with Crippen molar-refractivity contribution in [1.29, 1.82) is 0 Å². The summed E-state index contributed by atoms with van der Waals surface area (Å²) < 4.78 is 2.14. The number of imidazole rings is 1. The van der Waals surface area contributed by atoms with Gasteiger partial charge in [0.1, 0.15) is 0 Å². The highest BCUT2D eigenvalue weighted by Crippen LogP contribution is 2.05. The predicted molar refractivity (Wildman–Crippen MR) is 74.2 cm³/mol. The summed E-state index contributed by atoms with van der Waals surface area (Å²) >= 11 is 0. The fourth-order valence-corrected chi connectivity index (χ4v) is 2.09. The largest absolute Gasteiger partial charge is 0.337 e. The molecular weight excluding hydrogens is 222 g/mol. The van der Waals surface area contributed by atoms with Crippen molar-refractivity contribution in [3.63, 3.8) is 0 Å². The van der Waals surface area contributed by atoms with Gasteiger partial charge in [0.05, 0.1) is 6.33 Å². The standard InChI is InChI=1S/C15H21N3/c1-2-17(13-15-7-4-3-5-8-15)10-6-11-18-12-9-16-14-18/h3-5,7-9,12,14H,2,6,10-11,13H2,1H3. The van der Waals surface area contributed by atoms with E-state index in [1.807, 2.05) is 18.7 Å². The van der Waals surface area contributed by atoms with Crippen LogP contribution in [0.2, 0.25) is 0 Å². The molecule has 0 amide bonds. The third-order valence-corrected chi connectivity index (χ3v) is 3.15. The molecule has 0 aliphatic rings. The van der Waals surface area contributed by atoms with Crippen molar-refractivity contribution in [3.8, 4) is 0 Å². The Balaban J connectivity index is 1.75. The van der Waals surface area contributed by atoms with Gasteiger partial charge in [-0.1, -0.05) is 37.3 Å². The molecule has 1 aromatic carbocycles. The molecule has 0 unspecified atom stereocenters. The molecule has 0 bridgehead atoms. The summed E-state index contributed by atoms with van der Waals surface area (Å²) in [4.78, 5) is 6.54. The minimum Gasteiger partial charge on any atom is -0.337 e. The van der Waals surface area contributed by atoms with Gasteiger partial charge in [-0.2, -0.15) is 0 Å². The van der Waals surface area contributed by atoms with E-state index in [1.54, 1.807) is 0 Å². The summed E-state index contributed by atoms with van der Waals surface area (Å²) in [5.74, 6) is 0. The van der Waals surface area contributed by atoms with Gasteiger partial charge in [-0.05, 0) is 18.5 Å². The van der Waals surface area contributed by atoms with Crippen molar-refractivity contribution in [3.05, 3.63) is 54.6 Å². The molecule has 96 valence electrons. The Kier molecular flexibility index (Phi) is 4.97.